The molecule has 0 N–H and O–H groups in total. The number of hydrogen-bond donors (Lipinski definition) is 0. The molecule has 0 saturated carbocycles. The molecule has 0 amide bonds. The Bertz CT molecular complexity index is 1130. The Hall–Kier alpha value is -3.39. The van der Waals surface area contributed by atoms with Crippen LogP contribution in [0, 0.1) is 10.1 Å². The average molecular weight is 405 g/mol. The summed E-state index contributed by atoms with van der Waals surface area (Å²) >= 11 is 1.61. The van der Waals surface area contributed by atoms with Crippen LogP contribution in [0.3, 0.4) is 0 Å². The smallest absolute Gasteiger partial charge is 0.258 e. The third kappa shape index (κ3) is 4.22. The molecule has 4 aromatic rings. The molecule has 0 atom stereocenters. The molecule has 146 valence electrons. The number of rotatable bonds is 6. The van der Waals surface area contributed by atoms with E-state index in [1.807, 2.05) is 5.38 Å². The zero-order valence-corrected chi connectivity index (χ0v) is 16.8. The van der Waals surface area contributed by atoms with E-state index in [0.717, 1.165) is 21.8 Å². The van der Waals surface area contributed by atoms with Gasteiger partial charge < -0.3 is 0 Å². The third-order valence-corrected chi connectivity index (χ3v) is 5.51. The lowest BCUT2D eigenvalue weighted by molar-refractivity contribution is -0.384. The number of nitro groups is 1. The van der Waals surface area contributed by atoms with Crippen LogP contribution in [0.2, 0.25) is 0 Å². The maximum atomic E-state index is 10.8. The monoisotopic (exact) mass is 405 g/mol. The van der Waals surface area contributed by atoms with Crippen LogP contribution >= 0.6 is 11.3 Å². The molecule has 0 bridgehead atoms. The first-order valence-corrected chi connectivity index (χ1v) is 10.1. The highest BCUT2D eigenvalue weighted by Crippen LogP contribution is 2.26. The summed E-state index contributed by atoms with van der Waals surface area (Å²) in [6.45, 7) is 4.87. The summed E-state index contributed by atoms with van der Waals surface area (Å²) in [7, 11) is 0. The molecule has 0 saturated heterocycles. The van der Waals surface area contributed by atoms with E-state index in [2.05, 4.69) is 48.2 Å². The van der Waals surface area contributed by atoms with Gasteiger partial charge in [-0.15, -0.1) is 11.3 Å². The van der Waals surface area contributed by atoms with Gasteiger partial charge in [0.25, 0.3) is 5.69 Å². The standard InChI is InChI=1S/C21H19N5O2S/c1-14(2)15-3-5-17(6-4-15)21-23-18(12-29-21)11-25-13-22-20(24-25)16-7-9-19(10-8-16)26(27)28/h3-10,12-14H,11H2,1-2H3. The molecule has 0 aliphatic rings. The molecule has 8 heteroatoms. The van der Waals surface area contributed by atoms with Gasteiger partial charge in [-0.1, -0.05) is 38.1 Å². The number of hydrogen-bond acceptors (Lipinski definition) is 6. The topological polar surface area (TPSA) is 86.7 Å². The summed E-state index contributed by atoms with van der Waals surface area (Å²) in [4.78, 5) is 19.4. The predicted molar refractivity (Wildman–Crippen MR) is 113 cm³/mol. The first-order chi connectivity index (χ1) is 14.0. The minimum atomic E-state index is -0.425. The fraction of sp³-hybridized carbons (Fsp3) is 0.190. The van der Waals surface area contributed by atoms with Crippen molar-refractivity contribution in [3.8, 4) is 22.0 Å². The van der Waals surface area contributed by atoms with Crippen molar-refractivity contribution in [3.63, 3.8) is 0 Å². The van der Waals surface area contributed by atoms with Gasteiger partial charge in [0.1, 0.15) is 11.3 Å². The fourth-order valence-corrected chi connectivity index (χ4v) is 3.74. The zero-order valence-electron chi connectivity index (χ0n) is 16.0. The highest BCUT2D eigenvalue weighted by Gasteiger charge is 2.10. The molecule has 0 unspecified atom stereocenters. The van der Waals surface area contributed by atoms with Crippen molar-refractivity contribution >= 4 is 17.0 Å². The molecular formula is C21H19N5O2S. The summed E-state index contributed by atoms with van der Waals surface area (Å²) in [5.74, 6) is 1.03. The van der Waals surface area contributed by atoms with Crippen molar-refractivity contribution in [2.24, 2.45) is 0 Å². The summed E-state index contributed by atoms with van der Waals surface area (Å²) < 4.78 is 1.72. The number of benzene rings is 2. The maximum Gasteiger partial charge on any atom is 0.269 e. The second-order valence-corrected chi connectivity index (χ2v) is 7.85. The SMILES string of the molecule is CC(C)c1ccc(-c2nc(Cn3cnc(-c4ccc([N+](=O)[O-])cc4)n3)cs2)cc1. The Morgan fingerprint density at radius 3 is 2.41 bits per heavy atom. The van der Waals surface area contributed by atoms with Crippen molar-refractivity contribution in [2.45, 2.75) is 26.3 Å². The van der Waals surface area contributed by atoms with E-state index in [0.29, 0.717) is 18.3 Å². The van der Waals surface area contributed by atoms with E-state index in [9.17, 15) is 10.1 Å². The molecular weight excluding hydrogens is 386 g/mol. The number of aromatic nitrogens is 4. The molecule has 4 rings (SSSR count). The van der Waals surface area contributed by atoms with Crippen molar-refractivity contribution in [1.82, 2.24) is 19.7 Å². The molecule has 2 heterocycles. The van der Waals surface area contributed by atoms with Crippen molar-refractivity contribution in [2.75, 3.05) is 0 Å². The van der Waals surface area contributed by atoms with E-state index in [1.165, 1.54) is 17.7 Å². The quantitative estimate of drug-likeness (QED) is 0.327. The molecule has 0 fully saturated rings. The average Bonchev–Trinajstić information content (AvgIpc) is 3.38. The van der Waals surface area contributed by atoms with Crippen LogP contribution in [0.5, 0.6) is 0 Å². The highest BCUT2D eigenvalue weighted by molar-refractivity contribution is 7.13. The molecule has 0 radical (unpaired) electrons. The van der Waals surface area contributed by atoms with Gasteiger partial charge in [-0.3, -0.25) is 10.1 Å². The molecule has 0 aliphatic heterocycles. The van der Waals surface area contributed by atoms with E-state index in [4.69, 9.17) is 4.98 Å². The lowest BCUT2D eigenvalue weighted by Crippen LogP contribution is -2.00. The molecule has 2 aromatic carbocycles. The van der Waals surface area contributed by atoms with Gasteiger partial charge in [0.2, 0.25) is 0 Å². The second-order valence-electron chi connectivity index (χ2n) is 6.99. The summed E-state index contributed by atoms with van der Waals surface area (Å²) in [5, 5.41) is 18.2. The van der Waals surface area contributed by atoms with Crippen LogP contribution in [0.15, 0.2) is 60.2 Å². The van der Waals surface area contributed by atoms with Gasteiger partial charge in [-0.2, -0.15) is 5.10 Å². The Balaban J connectivity index is 1.47. The number of nitrogens with zero attached hydrogens (tertiary/aromatic N) is 5. The molecule has 0 aliphatic carbocycles. The molecule has 7 nitrogen and oxygen atoms in total. The van der Waals surface area contributed by atoms with Gasteiger partial charge >= 0.3 is 0 Å². The summed E-state index contributed by atoms with van der Waals surface area (Å²) in [5.41, 5.74) is 4.11. The van der Waals surface area contributed by atoms with Crippen LogP contribution in [0.4, 0.5) is 5.69 Å². The summed E-state index contributed by atoms with van der Waals surface area (Å²) in [6, 6.07) is 14.7. The van der Waals surface area contributed by atoms with Gasteiger partial charge in [0.05, 0.1) is 17.2 Å². The molecule has 2 aromatic heterocycles. The minimum Gasteiger partial charge on any atom is -0.258 e. The lowest BCUT2D eigenvalue weighted by Gasteiger charge is -2.05. The number of thiazole rings is 1. The van der Waals surface area contributed by atoms with Crippen LogP contribution < -0.4 is 0 Å². The van der Waals surface area contributed by atoms with Gasteiger partial charge in [0, 0.05) is 28.6 Å². The predicted octanol–water partition coefficient (Wildman–Crippen LogP) is 5.15. The maximum absolute atomic E-state index is 10.8. The first-order valence-electron chi connectivity index (χ1n) is 9.18. The normalized spacial score (nSPS) is 11.1. The van der Waals surface area contributed by atoms with E-state index in [1.54, 1.807) is 34.5 Å². The Kier molecular flexibility index (Phi) is 5.18. The zero-order chi connectivity index (χ0) is 20.4. The Morgan fingerprint density at radius 1 is 1.07 bits per heavy atom. The van der Waals surface area contributed by atoms with Crippen LogP contribution in [-0.2, 0) is 6.54 Å². The number of non-ortho nitro benzene ring substituents is 1. The van der Waals surface area contributed by atoms with Gasteiger partial charge in [0.15, 0.2) is 5.82 Å². The molecule has 0 spiro atoms. The summed E-state index contributed by atoms with van der Waals surface area (Å²) in [6.07, 6.45) is 1.65. The van der Waals surface area contributed by atoms with Gasteiger partial charge in [-0.25, -0.2) is 14.6 Å². The lowest BCUT2D eigenvalue weighted by atomic mass is 10.0. The Labute approximate surface area is 171 Å². The van der Waals surface area contributed by atoms with Crippen LogP contribution in [0.1, 0.15) is 31.0 Å². The number of nitro benzene ring substituents is 1. The van der Waals surface area contributed by atoms with E-state index >= 15 is 0 Å². The highest BCUT2D eigenvalue weighted by atomic mass is 32.1. The van der Waals surface area contributed by atoms with Crippen molar-refractivity contribution in [1.29, 1.82) is 0 Å². The fourth-order valence-electron chi connectivity index (χ4n) is 2.92. The van der Waals surface area contributed by atoms with Gasteiger partial charge in [-0.05, 0) is 23.6 Å². The second kappa shape index (κ2) is 7.92. The van der Waals surface area contributed by atoms with Crippen molar-refractivity contribution < 1.29 is 4.92 Å². The van der Waals surface area contributed by atoms with E-state index in [-0.39, 0.29) is 5.69 Å². The van der Waals surface area contributed by atoms with Crippen LogP contribution in [-0.4, -0.2) is 24.7 Å². The van der Waals surface area contributed by atoms with Crippen LogP contribution in [0.25, 0.3) is 22.0 Å². The minimum absolute atomic E-state index is 0.0459. The van der Waals surface area contributed by atoms with Crippen molar-refractivity contribution in [3.05, 3.63) is 81.6 Å². The van der Waals surface area contributed by atoms with E-state index < -0.39 is 4.92 Å². The largest absolute Gasteiger partial charge is 0.269 e. The Morgan fingerprint density at radius 2 is 1.76 bits per heavy atom. The molecule has 29 heavy (non-hydrogen) atoms. The third-order valence-electron chi connectivity index (χ3n) is 4.57. The first kappa shape index (κ1) is 18.9.